The monoisotopic (exact) mass is 314 g/mol. The predicted octanol–water partition coefficient (Wildman–Crippen LogP) is 3.41. The number of hydrogen-bond donors (Lipinski definition) is 2. The van der Waals surface area contributed by atoms with Crippen LogP contribution in [-0.2, 0) is 6.42 Å². The minimum Gasteiger partial charge on any atom is -0.497 e. The van der Waals surface area contributed by atoms with E-state index >= 15 is 0 Å². The summed E-state index contributed by atoms with van der Waals surface area (Å²) in [5.74, 6) is 6.51. The van der Waals surface area contributed by atoms with Crippen LogP contribution in [0.5, 0.6) is 5.75 Å². The fourth-order valence-electron chi connectivity index (χ4n) is 1.99. The quantitative estimate of drug-likeness (QED) is 0.439. The largest absolute Gasteiger partial charge is 0.497 e. The van der Waals surface area contributed by atoms with E-state index in [1.165, 1.54) is 24.8 Å². The summed E-state index contributed by atoms with van der Waals surface area (Å²) in [6, 6.07) is 6.36. The molecule has 1 rings (SSSR count). The number of rotatable bonds is 8. The Morgan fingerprint density at radius 2 is 2.17 bits per heavy atom. The zero-order valence-electron chi connectivity index (χ0n) is 11.2. The molecule has 3 N–H and O–H groups in total. The van der Waals surface area contributed by atoms with Gasteiger partial charge in [0.1, 0.15) is 5.75 Å². The number of ether oxygens (including phenoxy) is 1. The Morgan fingerprint density at radius 1 is 1.39 bits per heavy atom. The predicted molar refractivity (Wildman–Crippen MR) is 79.7 cm³/mol. The minimum absolute atomic E-state index is 0.319. The fourth-order valence-corrected chi connectivity index (χ4v) is 2.39. The number of nitrogens with two attached hydrogens (primary N) is 1. The van der Waals surface area contributed by atoms with Crippen molar-refractivity contribution in [1.82, 2.24) is 5.43 Å². The Balaban J connectivity index is 2.62. The van der Waals surface area contributed by atoms with E-state index < -0.39 is 0 Å². The van der Waals surface area contributed by atoms with Gasteiger partial charge in [0.15, 0.2) is 0 Å². The van der Waals surface area contributed by atoms with Gasteiger partial charge in [-0.15, -0.1) is 0 Å². The number of unbranched alkanes of at least 4 members (excludes halogenated alkanes) is 2. The highest BCUT2D eigenvalue weighted by molar-refractivity contribution is 9.10. The molecule has 0 bridgehead atoms. The second-order valence-electron chi connectivity index (χ2n) is 4.52. The molecule has 1 aromatic carbocycles. The summed E-state index contributed by atoms with van der Waals surface area (Å²) in [5, 5.41) is 0. The molecule has 3 nitrogen and oxygen atoms in total. The zero-order chi connectivity index (χ0) is 13.4. The zero-order valence-corrected chi connectivity index (χ0v) is 12.8. The van der Waals surface area contributed by atoms with Gasteiger partial charge in [0.05, 0.1) is 7.11 Å². The van der Waals surface area contributed by atoms with Crippen molar-refractivity contribution in [3.63, 3.8) is 0 Å². The average Bonchev–Trinajstić information content (AvgIpc) is 2.40. The highest BCUT2D eigenvalue weighted by atomic mass is 79.9. The molecule has 0 aromatic heterocycles. The van der Waals surface area contributed by atoms with Gasteiger partial charge in [-0.3, -0.25) is 11.3 Å². The molecule has 0 aliphatic heterocycles. The highest BCUT2D eigenvalue weighted by Crippen LogP contribution is 2.24. The van der Waals surface area contributed by atoms with E-state index in [0.29, 0.717) is 6.04 Å². The minimum atomic E-state index is 0.319. The summed E-state index contributed by atoms with van der Waals surface area (Å²) >= 11 is 3.58. The third-order valence-electron chi connectivity index (χ3n) is 3.11. The summed E-state index contributed by atoms with van der Waals surface area (Å²) in [6.45, 7) is 2.21. The molecule has 1 aromatic rings. The summed E-state index contributed by atoms with van der Waals surface area (Å²) < 4.78 is 6.36. The molecule has 0 fully saturated rings. The van der Waals surface area contributed by atoms with Gasteiger partial charge in [0.2, 0.25) is 0 Å². The van der Waals surface area contributed by atoms with Gasteiger partial charge in [0, 0.05) is 10.5 Å². The molecule has 0 saturated carbocycles. The van der Waals surface area contributed by atoms with E-state index in [2.05, 4.69) is 34.3 Å². The Labute approximate surface area is 118 Å². The van der Waals surface area contributed by atoms with E-state index in [1.54, 1.807) is 7.11 Å². The molecule has 0 aliphatic rings. The summed E-state index contributed by atoms with van der Waals surface area (Å²) in [7, 11) is 1.69. The standard InChI is InChI=1S/C14H23BrN2O/c1-3-4-5-6-12(17-16)9-11-10-13(18-2)7-8-14(11)15/h7-8,10,12,17H,3-6,9,16H2,1-2H3. The summed E-state index contributed by atoms with van der Waals surface area (Å²) in [5.41, 5.74) is 4.14. The fraction of sp³-hybridized carbons (Fsp3) is 0.571. The van der Waals surface area contributed by atoms with Gasteiger partial charge in [0.25, 0.3) is 0 Å². The molecule has 0 amide bonds. The van der Waals surface area contributed by atoms with Crippen molar-refractivity contribution in [2.45, 2.75) is 45.1 Å². The van der Waals surface area contributed by atoms with Crippen LogP contribution in [0.3, 0.4) is 0 Å². The smallest absolute Gasteiger partial charge is 0.119 e. The molecular weight excluding hydrogens is 292 g/mol. The summed E-state index contributed by atoms with van der Waals surface area (Å²) in [6.07, 6.45) is 5.73. The van der Waals surface area contributed by atoms with Crippen LogP contribution in [0, 0.1) is 0 Å². The maximum absolute atomic E-state index is 5.63. The van der Waals surface area contributed by atoms with Gasteiger partial charge in [-0.25, -0.2) is 0 Å². The Hall–Kier alpha value is -0.580. The molecule has 1 unspecified atom stereocenters. The average molecular weight is 315 g/mol. The molecule has 1 atom stereocenters. The van der Waals surface area contributed by atoms with Crippen molar-refractivity contribution in [2.24, 2.45) is 5.84 Å². The van der Waals surface area contributed by atoms with Gasteiger partial charge in [-0.1, -0.05) is 42.1 Å². The topological polar surface area (TPSA) is 47.3 Å². The molecule has 0 spiro atoms. The lowest BCUT2D eigenvalue weighted by Gasteiger charge is -2.17. The number of nitrogens with one attached hydrogen (secondary N) is 1. The highest BCUT2D eigenvalue weighted by Gasteiger charge is 2.10. The third-order valence-corrected chi connectivity index (χ3v) is 3.88. The Kier molecular flexibility index (Phi) is 7.32. The Bertz CT molecular complexity index is 358. The first kappa shape index (κ1) is 15.5. The van der Waals surface area contributed by atoms with Crippen LogP contribution < -0.4 is 16.0 Å². The van der Waals surface area contributed by atoms with Gasteiger partial charge < -0.3 is 4.74 Å². The molecule has 102 valence electrons. The first-order valence-electron chi connectivity index (χ1n) is 6.49. The lowest BCUT2D eigenvalue weighted by atomic mass is 10.0. The lowest BCUT2D eigenvalue weighted by Crippen LogP contribution is -2.36. The number of methoxy groups -OCH3 is 1. The molecule has 0 aliphatic carbocycles. The number of benzene rings is 1. The van der Waals surface area contributed by atoms with Crippen molar-refractivity contribution in [3.05, 3.63) is 28.2 Å². The second-order valence-corrected chi connectivity index (χ2v) is 5.38. The van der Waals surface area contributed by atoms with E-state index in [9.17, 15) is 0 Å². The van der Waals surface area contributed by atoms with E-state index in [-0.39, 0.29) is 0 Å². The second kappa shape index (κ2) is 8.51. The summed E-state index contributed by atoms with van der Waals surface area (Å²) in [4.78, 5) is 0. The van der Waals surface area contributed by atoms with Crippen molar-refractivity contribution >= 4 is 15.9 Å². The molecule has 4 heteroatoms. The first-order valence-corrected chi connectivity index (χ1v) is 7.29. The van der Waals surface area contributed by atoms with Crippen LogP contribution in [-0.4, -0.2) is 13.2 Å². The van der Waals surface area contributed by atoms with E-state index in [4.69, 9.17) is 10.6 Å². The van der Waals surface area contributed by atoms with Crippen LogP contribution in [0.15, 0.2) is 22.7 Å². The normalized spacial score (nSPS) is 12.4. The lowest BCUT2D eigenvalue weighted by molar-refractivity contribution is 0.413. The molecular formula is C14H23BrN2O. The first-order chi connectivity index (χ1) is 8.71. The third kappa shape index (κ3) is 4.96. The van der Waals surface area contributed by atoms with Crippen LogP contribution in [0.4, 0.5) is 0 Å². The van der Waals surface area contributed by atoms with Crippen LogP contribution >= 0.6 is 15.9 Å². The van der Waals surface area contributed by atoms with Crippen molar-refractivity contribution in [3.8, 4) is 5.75 Å². The van der Waals surface area contributed by atoms with Crippen molar-refractivity contribution in [2.75, 3.05) is 7.11 Å². The molecule has 0 saturated heterocycles. The van der Waals surface area contributed by atoms with Gasteiger partial charge in [-0.05, 0) is 36.6 Å². The van der Waals surface area contributed by atoms with Crippen LogP contribution in [0.1, 0.15) is 38.2 Å². The number of hydrogen-bond acceptors (Lipinski definition) is 3. The Morgan fingerprint density at radius 3 is 2.78 bits per heavy atom. The van der Waals surface area contributed by atoms with E-state index in [1.807, 2.05) is 12.1 Å². The number of halogens is 1. The number of hydrazine groups is 1. The van der Waals surface area contributed by atoms with Gasteiger partial charge in [-0.2, -0.15) is 0 Å². The van der Waals surface area contributed by atoms with Crippen LogP contribution in [0.2, 0.25) is 0 Å². The maximum atomic E-state index is 5.63. The van der Waals surface area contributed by atoms with Crippen LogP contribution in [0.25, 0.3) is 0 Å². The van der Waals surface area contributed by atoms with Crippen molar-refractivity contribution < 1.29 is 4.74 Å². The van der Waals surface area contributed by atoms with Gasteiger partial charge >= 0.3 is 0 Å². The molecule has 0 heterocycles. The molecule has 0 radical (unpaired) electrons. The molecule has 18 heavy (non-hydrogen) atoms. The maximum Gasteiger partial charge on any atom is 0.119 e. The van der Waals surface area contributed by atoms with Crippen molar-refractivity contribution in [1.29, 1.82) is 0 Å². The van der Waals surface area contributed by atoms with E-state index in [0.717, 1.165) is 23.1 Å². The SMILES string of the molecule is CCCCCC(Cc1cc(OC)ccc1Br)NN.